The van der Waals surface area contributed by atoms with Crippen molar-refractivity contribution in [1.82, 2.24) is 4.90 Å². The third kappa shape index (κ3) is 11.8. The highest BCUT2D eigenvalue weighted by molar-refractivity contribution is 5.85. The van der Waals surface area contributed by atoms with E-state index in [9.17, 15) is 14.4 Å². The highest BCUT2D eigenvalue weighted by Crippen LogP contribution is 2.19. The van der Waals surface area contributed by atoms with Crippen LogP contribution in [0.15, 0.2) is 0 Å². The summed E-state index contributed by atoms with van der Waals surface area (Å²) in [7, 11) is 1.24. The van der Waals surface area contributed by atoms with Gasteiger partial charge in [-0.15, -0.1) is 0 Å². The molecule has 2 N–H and O–H groups in total. The van der Waals surface area contributed by atoms with E-state index in [0.717, 1.165) is 4.90 Å². The zero-order chi connectivity index (χ0) is 22.3. The minimum Gasteiger partial charge on any atom is -0.467 e. The molecule has 0 rings (SSSR count). The Morgan fingerprint density at radius 1 is 0.929 bits per heavy atom. The summed E-state index contributed by atoms with van der Waals surface area (Å²) in [6.07, 6.45) is 0.710. The monoisotopic (exact) mass is 402 g/mol. The number of carbonyl (C=O) groups is 3. The summed E-state index contributed by atoms with van der Waals surface area (Å²) >= 11 is 0. The predicted molar refractivity (Wildman–Crippen MR) is 107 cm³/mol. The second-order valence-corrected chi connectivity index (χ2v) is 9.61. The minimum atomic E-state index is -0.977. The van der Waals surface area contributed by atoms with Gasteiger partial charge in [-0.05, 0) is 74.7 Å². The summed E-state index contributed by atoms with van der Waals surface area (Å²) in [4.78, 5) is 38.6. The Kier molecular flexibility index (Phi) is 9.43. The maximum atomic E-state index is 12.7. The van der Waals surface area contributed by atoms with Crippen molar-refractivity contribution >= 4 is 18.0 Å². The fourth-order valence-corrected chi connectivity index (χ4v) is 2.42. The fraction of sp³-hybridized carbons (Fsp3) is 0.850. The molecule has 0 saturated heterocycles. The molecule has 0 heterocycles. The second kappa shape index (κ2) is 10.1. The number of nitrogens with two attached hydrogens (primary N) is 1. The van der Waals surface area contributed by atoms with Gasteiger partial charge >= 0.3 is 18.0 Å². The fourth-order valence-electron chi connectivity index (χ4n) is 2.42. The molecule has 164 valence electrons. The van der Waals surface area contributed by atoms with Gasteiger partial charge in [-0.3, -0.25) is 9.69 Å². The molecule has 0 spiro atoms. The molecular formula is C20H38N2O6. The lowest BCUT2D eigenvalue weighted by Crippen LogP contribution is -2.50. The van der Waals surface area contributed by atoms with Crippen molar-refractivity contribution in [3.05, 3.63) is 0 Å². The Hall–Kier alpha value is -1.83. The zero-order valence-corrected chi connectivity index (χ0v) is 18.9. The van der Waals surface area contributed by atoms with Crippen molar-refractivity contribution in [3.63, 3.8) is 0 Å². The quantitative estimate of drug-likeness (QED) is 0.491. The van der Waals surface area contributed by atoms with Crippen molar-refractivity contribution in [2.24, 2.45) is 5.73 Å². The standard InChI is InChI=1S/C20H38N2O6/c1-18(2,3)27-15(23)13-22(17(25)28-19(4,5)6)14(16(24)26-9)11-10-12-20(7,8)21/h14H,10-13,21H2,1-9H3/t14-/m0/s1. The molecule has 8 heteroatoms. The third-order valence-corrected chi connectivity index (χ3v) is 3.50. The van der Waals surface area contributed by atoms with E-state index >= 15 is 0 Å². The van der Waals surface area contributed by atoms with Crippen LogP contribution in [0.4, 0.5) is 4.79 Å². The molecule has 0 fully saturated rings. The van der Waals surface area contributed by atoms with Crippen LogP contribution in [0.3, 0.4) is 0 Å². The summed E-state index contributed by atoms with van der Waals surface area (Å²) in [5.41, 5.74) is 4.08. The van der Waals surface area contributed by atoms with Crippen LogP contribution in [-0.2, 0) is 23.8 Å². The maximum Gasteiger partial charge on any atom is 0.411 e. The topological polar surface area (TPSA) is 108 Å². The second-order valence-electron chi connectivity index (χ2n) is 9.61. The number of rotatable bonds is 8. The van der Waals surface area contributed by atoms with Crippen LogP contribution in [0, 0.1) is 0 Å². The average Bonchev–Trinajstić information content (AvgIpc) is 2.44. The first-order chi connectivity index (χ1) is 12.4. The highest BCUT2D eigenvalue weighted by atomic mass is 16.6. The van der Waals surface area contributed by atoms with Gasteiger partial charge in [0.1, 0.15) is 23.8 Å². The first kappa shape index (κ1) is 26.2. The number of hydrogen-bond acceptors (Lipinski definition) is 7. The van der Waals surface area contributed by atoms with Crippen molar-refractivity contribution < 1.29 is 28.6 Å². The highest BCUT2D eigenvalue weighted by Gasteiger charge is 2.36. The van der Waals surface area contributed by atoms with Crippen molar-refractivity contribution in [2.45, 2.75) is 97.4 Å². The Balaban J connectivity index is 5.59. The molecule has 0 aromatic heterocycles. The van der Waals surface area contributed by atoms with E-state index in [1.165, 1.54) is 7.11 Å². The van der Waals surface area contributed by atoms with Gasteiger partial charge in [0, 0.05) is 5.54 Å². The van der Waals surface area contributed by atoms with Gasteiger partial charge in [0.15, 0.2) is 0 Å². The number of ether oxygens (including phenoxy) is 3. The van der Waals surface area contributed by atoms with Crippen LogP contribution in [0.1, 0.15) is 74.7 Å². The van der Waals surface area contributed by atoms with Crippen LogP contribution in [0.2, 0.25) is 0 Å². The molecule has 0 aliphatic carbocycles. The number of amides is 1. The first-order valence-corrected chi connectivity index (χ1v) is 9.53. The predicted octanol–water partition coefficient (Wildman–Crippen LogP) is 3.01. The van der Waals surface area contributed by atoms with Crippen LogP contribution < -0.4 is 5.73 Å². The molecule has 8 nitrogen and oxygen atoms in total. The van der Waals surface area contributed by atoms with E-state index in [4.69, 9.17) is 19.9 Å². The molecule has 1 atom stereocenters. The van der Waals surface area contributed by atoms with Gasteiger partial charge in [0.2, 0.25) is 0 Å². The van der Waals surface area contributed by atoms with E-state index in [1.807, 2.05) is 13.8 Å². The Morgan fingerprint density at radius 3 is 1.82 bits per heavy atom. The normalized spacial score (nSPS) is 13.5. The molecule has 0 saturated carbocycles. The van der Waals surface area contributed by atoms with Gasteiger partial charge in [-0.1, -0.05) is 0 Å². The van der Waals surface area contributed by atoms with E-state index in [1.54, 1.807) is 41.5 Å². The van der Waals surface area contributed by atoms with Gasteiger partial charge < -0.3 is 19.9 Å². The summed E-state index contributed by atoms with van der Waals surface area (Å²) in [5.74, 6) is -1.25. The molecule has 0 radical (unpaired) electrons. The van der Waals surface area contributed by atoms with Gasteiger partial charge in [0.05, 0.1) is 7.11 Å². The van der Waals surface area contributed by atoms with Crippen molar-refractivity contribution in [3.8, 4) is 0 Å². The van der Waals surface area contributed by atoms with E-state index in [0.29, 0.717) is 12.8 Å². The van der Waals surface area contributed by atoms with E-state index in [-0.39, 0.29) is 6.42 Å². The summed E-state index contributed by atoms with van der Waals surface area (Å²) in [6, 6.07) is -0.977. The molecule has 28 heavy (non-hydrogen) atoms. The first-order valence-electron chi connectivity index (χ1n) is 9.53. The van der Waals surface area contributed by atoms with Crippen molar-refractivity contribution in [2.75, 3.05) is 13.7 Å². The van der Waals surface area contributed by atoms with E-state index in [2.05, 4.69) is 0 Å². The molecule has 1 amide bonds. The van der Waals surface area contributed by atoms with Crippen LogP contribution in [-0.4, -0.2) is 59.4 Å². The molecular weight excluding hydrogens is 364 g/mol. The van der Waals surface area contributed by atoms with Gasteiger partial charge in [-0.25, -0.2) is 9.59 Å². The molecule has 0 aliphatic rings. The third-order valence-electron chi connectivity index (χ3n) is 3.50. The summed E-state index contributed by atoms with van der Waals surface area (Å²) in [5, 5.41) is 0. The van der Waals surface area contributed by atoms with Gasteiger partial charge in [0.25, 0.3) is 0 Å². The smallest absolute Gasteiger partial charge is 0.411 e. The Morgan fingerprint density at radius 2 is 1.43 bits per heavy atom. The lowest BCUT2D eigenvalue weighted by molar-refractivity contribution is -0.158. The number of nitrogens with zero attached hydrogens (tertiary/aromatic N) is 1. The molecule has 0 bridgehead atoms. The van der Waals surface area contributed by atoms with Gasteiger partial charge in [-0.2, -0.15) is 0 Å². The number of carbonyl (C=O) groups excluding carboxylic acids is 3. The van der Waals surface area contributed by atoms with Crippen LogP contribution >= 0.6 is 0 Å². The van der Waals surface area contributed by atoms with E-state index < -0.39 is 47.4 Å². The summed E-state index contributed by atoms with van der Waals surface area (Å²) in [6.45, 7) is 13.6. The Labute approximate surface area is 169 Å². The Bertz CT molecular complexity index is 540. The zero-order valence-electron chi connectivity index (χ0n) is 18.9. The van der Waals surface area contributed by atoms with Crippen LogP contribution in [0.5, 0.6) is 0 Å². The number of hydrogen-bond donors (Lipinski definition) is 1. The summed E-state index contributed by atoms with van der Waals surface area (Å²) < 4.78 is 15.6. The number of esters is 2. The minimum absolute atomic E-state index is 0.287. The lowest BCUT2D eigenvalue weighted by atomic mass is 9.96. The molecule has 0 aromatic carbocycles. The van der Waals surface area contributed by atoms with Crippen molar-refractivity contribution in [1.29, 1.82) is 0 Å². The lowest BCUT2D eigenvalue weighted by Gasteiger charge is -2.32. The number of methoxy groups -OCH3 is 1. The largest absolute Gasteiger partial charge is 0.467 e. The molecule has 0 aromatic rings. The molecule has 0 aliphatic heterocycles. The maximum absolute atomic E-state index is 12.7. The average molecular weight is 403 g/mol. The van der Waals surface area contributed by atoms with Crippen LogP contribution in [0.25, 0.3) is 0 Å². The molecule has 0 unspecified atom stereocenters. The SMILES string of the molecule is COC(=O)[C@H](CCCC(C)(C)N)N(CC(=O)OC(C)(C)C)C(=O)OC(C)(C)C.